The van der Waals surface area contributed by atoms with Gasteiger partial charge in [0.15, 0.2) is 11.2 Å². The van der Waals surface area contributed by atoms with Crippen LogP contribution in [0.1, 0.15) is 25.0 Å². The third-order valence-electron chi connectivity index (χ3n) is 5.29. The van der Waals surface area contributed by atoms with Crippen LogP contribution in [0.15, 0.2) is 52.0 Å². The Bertz CT molecular complexity index is 1190. The Hall–Kier alpha value is -2.92. The van der Waals surface area contributed by atoms with Gasteiger partial charge < -0.3 is 10.1 Å². The number of esters is 1. The van der Waals surface area contributed by atoms with Crippen molar-refractivity contribution in [3.63, 3.8) is 0 Å². The summed E-state index contributed by atoms with van der Waals surface area (Å²) in [5, 5.41) is 7.54. The number of Topliss-reactive ketones (excluding diaryl/α,β-unsaturated/α-hetero) is 1. The Morgan fingerprint density at radius 3 is 2.40 bits per heavy atom. The van der Waals surface area contributed by atoms with E-state index < -0.39 is 39.8 Å². The van der Waals surface area contributed by atoms with Gasteiger partial charge in [0.2, 0.25) is 5.91 Å². The molecule has 0 bridgehead atoms. The number of benzene rings is 2. The number of ketones is 1. The third kappa shape index (κ3) is 5.67. The highest BCUT2D eigenvalue weighted by atomic mass is 79.9. The number of nitrogens with one attached hydrogen (secondary N) is 1. The van der Waals surface area contributed by atoms with E-state index in [2.05, 4.69) is 26.3 Å². The Balaban J connectivity index is 1.98. The molecular formula is C23H20BrClF3N3O4. The number of hydrogen-bond donors (Lipinski definition) is 1. The summed E-state index contributed by atoms with van der Waals surface area (Å²) in [6, 6.07) is 9.63. The predicted molar refractivity (Wildman–Crippen MR) is 127 cm³/mol. The van der Waals surface area contributed by atoms with Crippen molar-refractivity contribution in [2.45, 2.75) is 20.0 Å². The van der Waals surface area contributed by atoms with Crippen molar-refractivity contribution in [3.8, 4) is 0 Å². The number of carbonyl (C=O) groups excluding carboxylic acids is 3. The largest absolute Gasteiger partial charge is 0.465 e. The van der Waals surface area contributed by atoms with Crippen LogP contribution in [0.5, 0.6) is 0 Å². The zero-order valence-corrected chi connectivity index (χ0v) is 20.9. The Morgan fingerprint density at radius 1 is 1.20 bits per heavy atom. The Kier molecular flexibility index (Phi) is 7.90. The Morgan fingerprint density at radius 2 is 1.86 bits per heavy atom. The molecule has 1 N–H and O–H groups in total. The van der Waals surface area contributed by atoms with E-state index in [0.717, 1.165) is 29.6 Å². The predicted octanol–water partition coefficient (Wildman–Crippen LogP) is 4.92. The van der Waals surface area contributed by atoms with Gasteiger partial charge in [-0.3, -0.25) is 19.4 Å². The van der Waals surface area contributed by atoms with E-state index in [0.29, 0.717) is 5.69 Å². The fraction of sp³-hybridized carbons (Fsp3) is 0.304. The summed E-state index contributed by atoms with van der Waals surface area (Å²) >= 11 is 9.17. The lowest BCUT2D eigenvalue weighted by Crippen LogP contribution is -2.49. The highest BCUT2D eigenvalue weighted by molar-refractivity contribution is 9.10. The number of hydrogen-bond acceptors (Lipinski definition) is 6. The van der Waals surface area contributed by atoms with Crippen molar-refractivity contribution >= 4 is 56.6 Å². The van der Waals surface area contributed by atoms with Gasteiger partial charge in [-0.25, -0.2) is 0 Å². The maximum Gasteiger partial charge on any atom is 0.417 e. The first-order valence-corrected chi connectivity index (χ1v) is 11.5. The van der Waals surface area contributed by atoms with Gasteiger partial charge in [-0.2, -0.15) is 18.3 Å². The van der Waals surface area contributed by atoms with Crippen LogP contribution >= 0.6 is 27.5 Å². The van der Waals surface area contributed by atoms with Crippen LogP contribution in [-0.2, 0) is 25.3 Å². The molecule has 3 rings (SSSR count). The van der Waals surface area contributed by atoms with E-state index in [4.69, 9.17) is 16.3 Å². The zero-order chi connectivity index (χ0) is 26.0. The number of ether oxygens (including phenoxy) is 1. The molecule has 1 unspecified atom stereocenters. The van der Waals surface area contributed by atoms with Gasteiger partial charge in [-0.15, -0.1) is 0 Å². The minimum absolute atomic E-state index is 0.0297. The Labute approximate surface area is 212 Å². The molecule has 35 heavy (non-hydrogen) atoms. The first-order chi connectivity index (χ1) is 16.4. The summed E-state index contributed by atoms with van der Waals surface area (Å²) < 4.78 is 45.5. The first kappa shape index (κ1) is 26.7. The molecular weight excluding hydrogens is 555 g/mol. The van der Waals surface area contributed by atoms with Crippen molar-refractivity contribution < 1.29 is 32.3 Å². The molecule has 7 nitrogen and oxygen atoms in total. The molecule has 0 radical (unpaired) electrons. The average molecular weight is 575 g/mol. The second-order valence-electron chi connectivity index (χ2n) is 7.70. The van der Waals surface area contributed by atoms with Crippen molar-refractivity contribution in [3.05, 3.63) is 63.1 Å². The molecule has 0 aromatic heterocycles. The number of carbonyl (C=O) groups is 3. The minimum atomic E-state index is -4.69. The van der Waals surface area contributed by atoms with Gasteiger partial charge in [0.05, 0.1) is 29.4 Å². The highest BCUT2D eigenvalue weighted by Gasteiger charge is 2.55. The molecule has 1 aliphatic heterocycles. The van der Waals surface area contributed by atoms with Gasteiger partial charge in [0.1, 0.15) is 6.54 Å². The molecule has 0 fully saturated rings. The summed E-state index contributed by atoms with van der Waals surface area (Å²) in [5.41, 5.74) is -2.62. The highest BCUT2D eigenvalue weighted by Crippen LogP contribution is 2.39. The lowest BCUT2D eigenvalue weighted by Gasteiger charge is -2.26. The lowest BCUT2D eigenvalue weighted by molar-refractivity contribution is -0.155. The summed E-state index contributed by atoms with van der Waals surface area (Å²) in [5.74, 6) is -2.04. The number of alkyl halides is 3. The van der Waals surface area contributed by atoms with Crippen LogP contribution in [0, 0.1) is 5.41 Å². The molecule has 2 aromatic carbocycles. The van der Waals surface area contributed by atoms with Crippen molar-refractivity contribution in [1.82, 2.24) is 5.01 Å². The molecule has 0 spiro atoms. The van der Waals surface area contributed by atoms with Crippen molar-refractivity contribution in [2.75, 3.05) is 25.0 Å². The second-order valence-corrected chi connectivity index (χ2v) is 9.02. The van der Waals surface area contributed by atoms with Gasteiger partial charge in [0, 0.05) is 15.7 Å². The number of rotatable bonds is 7. The number of nitrogens with zero attached hydrogens (tertiary/aromatic N) is 2. The molecule has 1 aliphatic rings. The van der Waals surface area contributed by atoms with Gasteiger partial charge >= 0.3 is 12.1 Å². The van der Waals surface area contributed by atoms with Crippen LogP contribution in [0.3, 0.4) is 0 Å². The SMILES string of the molecule is CCOC(=O)C1(C(C)=O)CN(CC(=O)Nc2ccc(Br)cc2)N=C1c1ccc(C(F)(F)F)c(Cl)c1. The van der Waals surface area contributed by atoms with E-state index in [1.54, 1.807) is 31.2 Å². The summed E-state index contributed by atoms with van der Waals surface area (Å²) in [4.78, 5) is 38.4. The van der Waals surface area contributed by atoms with Crippen molar-refractivity contribution in [2.24, 2.45) is 10.5 Å². The number of amides is 1. The van der Waals surface area contributed by atoms with Crippen LogP contribution in [0.2, 0.25) is 5.02 Å². The van der Waals surface area contributed by atoms with Crippen LogP contribution in [-0.4, -0.2) is 48.1 Å². The average Bonchev–Trinajstić information content (AvgIpc) is 3.15. The van der Waals surface area contributed by atoms with E-state index in [-0.39, 0.29) is 31.0 Å². The third-order valence-corrected chi connectivity index (χ3v) is 6.13. The van der Waals surface area contributed by atoms with E-state index >= 15 is 0 Å². The summed E-state index contributed by atoms with van der Waals surface area (Å²) in [6.45, 7) is 2.00. The summed E-state index contributed by atoms with van der Waals surface area (Å²) in [6.07, 6.45) is -4.69. The molecule has 0 aliphatic carbocycles. The normalized spacial score (nSPS) is 17.7. The van der Waals surface area contributed by atoms with E-state index in [9.17, 15) is 27.6 Å². The molecule has 0 saturated carbocycles. The van der Waals surface area contributed by atoms with Crippen LogP contribution in [0.25, 0.3) is 0 Å². The van der Waals surface area contributed by atoms with Crippen LogP contribution in [0.4, 0.5) is 18.9 Å². The zero-order valence-electron chi connectivity index (χ0n) is 18.6. The van der Waals surface area contributed by atoms with E-state index in [1.807, 2.05) is 0 Å². The molecule has 2 aromatic rings. The quantitative estimate of drug-likeness (QED) is 0.375. The van der Waals surface area contributed by atoms with Crippen molar-refractivity contribution in [1.29, 1.82) is 0 Å². The molecule has 1 atom stereocenters. The fourth-order valence-corrected chi connectivity index (χ4v) is 4.19. The smallest absolute Gasteiger partial charge is 0.417 e. The maximum atomic E-state index is 13.2. The number of halogens is 5. The molecule has 0 saturated heterocycles. The van der Waals surface area contributed by atoms with Gasteiger partial charge in [-0.1, -0.05) is 33.6 Å². The van der Waals surface area contributed by atoms with Gasteiger partial charge in [0.25, 0.3) is 0 Å². The van der Waals surface area contributed by atoms with Crippen LogP contribution < -0.4 is 5.32 Å². The summed E-state index contributed by atoms with van der Waals surface area (Å²) in [7, 11) is 0. The molecule has 1 heterocycles. The second kappa shape index (κ2) is 10.4. The standard InChI is InChI=1S/C23H20BrClF3N3O4/c1-3-35-21(34)22(13(2)32)12-31(11-19(33)29-16-7-5-15(24)6-8-16)30-20(22)14-4-9-17(18(25)10-14)23(26,27)28/h4-10H,3,11-12H2,1-2H3,(H,29,33). The molecule has 186 valence electrons. The molecule has 12 heteroatoms. The monoisotopic (exact) mass is 573 g/mol. The minimum Gasteiger partial charge on any atom is -0.465 e. The topological polar surface area (TPSA) is 88.1 Å². The fourth-order valence-electron chi connectivity index (χ4n) is 3.64. The lowest BCUT2D eigenvalue weighted by atomic mass is 9.76. The number of anilines is 1. The molecule has 1 amide bonds. The first-order valence-electron chi connectivity index (χ1n) is 10.3. The van der Waals surface area contributed by atoms with E-state index in [1.165, 1.54) is 5.01 Å². The van der Waals surface area contributed by atoms with Gasteiger partial charge in [-0.05, 0) is 50.2 Å². The maximum absolute atomic E-state index is 13.2. The number of hydrazone groups is 1.